The molecule has 0 aliphatic rings. The molecule has 3 N–H and O–H groups in total. The first-order valence-corrected chi connectivity index (χ1v) is 14.3. The molecule has 0 spiro atoms. The number of aliphatic hydroxyl groups is 1. The molecular weight excluding hydrogens is 524 g/mol. The third-order valence-corrected chi connectivity index (χ3v) is 7.10. The summed E-state index contributed by atoms with van der Waals surface area (Å²) in [5.41, 5.74) is 5.98. The van der Waals surface area contributed by atoms with Crippen LogP contribution in [0.1, 0.15) is 69.1 Å². The van der Waals surface area contributed by atoms with Crippen LogP contribution in [0.4, 0.5) is 16.2 Å². The van der Waals surface area contributed by atoms with Crippen LogP contribution >= 0.6 is 0 Å². The Balaban J connectivity index is 1.79. The highest BCUT2D eigenvalue weighted by molar-refractivity contribution is 6.03. The largest absolute Gasteiger partial charge is 0.384 e. The summed E-state index contributed by atoms with van der Waals surface area (Å²) in [6, 6.07) is 17.1. The molecule has 0 fully saturated rings. The van der Waals surface area contributed by atoms with E-state index in [9.17, 15) is 9.59 Å². The fourth-order valence-electron chi connectivity index (χ4n) is 4.95. The number of rotatable bonds is 9. The van der Waals surface area contributed by atoms with E-state index >= 15 is 0 Å². The predicted octanol–water partition coefficient (Wildman–Crippen LogP) is 7.19. The van der Waals surface area contributed by atoms with Gasteiger partial charge in [0.15, 0.2) is 0 Å². The highest BCUT2D eigenvalue weighted by Crippen LogP contribution is 2.37. The van der Waals surface area contributed by atoms with Crippen molar-refractivity contribution in [3.05, 3.63) is 100 Å². The Morgan fingerprint density at radius 2 is 1.81 bits per heavy atom. The van der Waals surface area contributed by atoms with Crippen LogP contribution in [-0.4, -0.2) is 34.3 Å². The molecule has 216 valence electrons. The number of pyridine rings is 2. The molecule has 0 radical (unpaired) electrons. The Kier molecular flexibility index (Phi) is 9.95. The van der Waals surface area contributed by atoms with E-state index < -0.39 is 0 Å². The maximum Gasteiger partial charge on any atom is 0.326 e. The summed E-state index contributed by atoms with van der Waals surface area (Å²) in [6.07, 6.45) is 4.79. The van der Waals surface area contributed by atoms with Crippen LogP contribution in [0.15, 0.2) is 78.2 Å². The lowest BCUT2D eigenvalue weighted by molar-refractivity contribution is 0.256. The lowest BCUT2D eigenvalue weighted by Gasteiger charge is -2.27. The summed E-state index contributed by atoms with van der Waals surface area (Å²) >= 11 is 0. The molecule has 2 amide bonds. The van der Waals surface area contributed by atoms with E-state index in [1.807, 2.05) is 36.4 Å². The minimum absolute atomic E-state index is 0.111. The van der Waals surface area contributed by atoms with E-state index in [-0.39, 0.29) is 35.7 Å². The second-order valence-electron chi connectivity index (χ2n) is 10.8. The first-order valence-electron chi connectivity index (χ1n) is 14.3. The summed E-state index contributed by atoms with van der Waals surface area (Å²) in [5.74, 6) is 5.91. The standard InChI is InChI=1S/C35H38N4O3/c1-6-7-8-17-39(31-22-27-15-10-16-36-33(27)38-34(31)41)35(42)37-32-29(23(2)3)20-28(21-30(32)24(4)5)26-14-9-12-25(19-26)13-11-18-40/h6,9-10,12,14-16,19-24,40H,1,7-8,17-18H2,2-5H3,(H,37,42)(H,36,38,41). The molecule has 0 saturated carbocycles. The molecule has 0 aliphatic heterocycles. The van der Waals surface area contributed by atoms with Crippen LogP contribution in [0, 0.1) is 11.8 Å². The van der Waals surface area contributed by atoms with Crippen LogP contribution < -0.4 is 15.8 Å². The number of nitrogens with zero attached hydrogens (tertiary/aromatic N) is 2. The van der Waals surface area contributed by atoms with Crippen molar-refractivity contribution in [3.8, 4) is 23.0 Å². The van der Waals surface area contributed by atoms with Gasteiger partial charge in [-0.3, -0.25) is 9.69 Å². The van der Waals surface area contributed by atoms with E-state index in [1.165, 1.54) is 4.90 Å². The Morgan fingerprint density at radius 3 is 2.48 bits per heavy atom. The van der Waals surface area contributed by atoms with Gasteiger partial charge in [-0.15, -0.1) is 6.58 Å². The molecule has 0 bridgehead atoms. The van der Waals surface area contributed by atoms with E-state index in [4.69, 9.17) is 5.11 Å². The summed E-state index contributed by atoms with van der Waals surface area (Å²) in [5, 5.41) is 13.1. The van der Waals surface area contributed by atoms with Crippen molar-refractivity contribution < 1.29 is 9.90 Å². The Bertz CT molecular complexity index is 1680. The van der Waals surface area contributed by atoms with Crippen LogP contribution in [0.25, 0.3) is 22.2 Å². The minimum Gasteiger partial charge on any atom is -0.384 e. The Hall–Kier alpha value is -4.67. The summed E-state index contributed by atoms with van der Waals surface area (Å²) in [4.78, 5) is 35.8. The highest BCUT2D eigenvalue weighted by Gasteiger charge is 2.24. The zero-order valence-corrected chi connectivity index (χ0v) is 24.7. The average molecular weight is 563 g/mol. The number of urea groups is 1. The number of aromatic amines is 1. The van der Waals surface area contributed by atoms with Gasteiger partial charge in [0.2, 0.25) is 0 Å². The molecule has 0 aliphatic carbocycles. The van der Waals surface area contributed by atoms with Crippen LogP contribution in [0.5, 0.6) is 0 Å². The van der Waals surface area contributed by atoms with Crippen molar-refractivity contribution in [2.24, 2.45) is 0 Å². The van der Waals surface area contributed by atoms with Crippen molar-refractivity contribution in [1.82, 2.24) is 9.97 Å². The van der Waals surface area contributed by atoms with Gasteiger partial charge in [0, 0.05) is 29.4 Å². The number of hydrogen-bond donors (Lipinski definition) is 3. The number of aliphatic hydroxyl groups excluding tert-OH is 1. The Morgan fingerprint density at radius 1 is 1.07 bits per heavy atom. The molecule has 2 aromatic carbocycles. The number of benzene rings is 2. The van der Waals surface area contributed by atoms with E-state index in [0.29, 0.717) is 25.0 Å². The van der Waals surface area contributed by atoms with Gasteiger partial charge in [-0.2, -0.15) is 0 Å². The maximum absolute atomic E-state index is 14.0. The number of H-pyrrole nitrogens is 1. The third kappa shape index (κ3) is 6.96. The number of carbonyl (C=O) groups excluding carboxylic acids is 1. The zero-order valence-electron chi connectivity index (χ0n) is 24.7. The molecule has 2 heterocycles. The summed E-state index contributed by atoms with van der Waals surface area (Å²) < 4.78 is 0. The highest BCUT2D eigenvalue weighted by atomic mass is 16.2. The molecule has 2 aromatic heterocycles. The SMILES string of the molecule is C=CCCCN(C(=O)Nc1c(C(C)C)cc(-c2cccc(C#CCO)c2)cc1C(C)C)c1cc2cccnc2[nH]c1=O. The number of fused-ring (bicyclic) bond motifs is 1. The molecule has 4 aromatic rings. The molecule has 0 saturated heterocycles. The van der Waals surface area contributed by atoms with Crippen molar-refractivity contribution in [1.29, 1.82) is 0 Å². The maximum atomic E-state index is 14.0. The quantitative estimate of drug-likeness (QED) is 0.114. The number of unbranched alkanes of at least 4 members (excludes halogenated alkanes) is 1. The lowest BCUT2D eigenvalue weighted by atomic mass is 9.88. The van der Waals surface area contributed by atoms with Crippen molar-refractivity contribution in [3.63, 3.8) is 0 Å². The van der Waals surface area contributed by atoms with Gasteiger partial charge >= 0.3 is 6.03 Å². The van der Waals surface area contributed by atoms with E-state index in [0.717, 1.165) is 38.9 Å². The van der Waals surface area contributed by atoms with Crippen molar-refractivity contribution >= 4 is 28.4 Å². The van der Waals surface area contributed by atoms with Gasteiger partial charge in [-0.05, 0) is 89.4 Å². The number of allylic oxidation sites excluding steroid dienone is 1. The van der Waals surface area contributed by atoms with Crippen molar-refractivity contribution in [2.75, 3.05) is 23.4 Å². The fraction of sp³-hybridized carbons (Fsp3) is 0.286. The van der Waals surface area contributed by atoms with Crippen LogP contribution in [-0.2, 0) is 0 Å². The van der Waals surface area contributed by atoms with Gasteiger partial charge in [0.05, 0.1) is 0 Å². The summed E-state index contributed by atoms with van der Waals surface area (Å²) in [6.45, 7) is 12.4. The first-order chi connectivity index (χ1) is 20.2. The van der Waals surface area contributed by atoms with Crippen LogP contribution in [0.3, 0.4) is 0 Å². The van der Waals surface area contributed by atoms with Gasteiger partial charge in [-0.1, -0.05) is 57.7 Å². The third-order valence-electron chi connectivity index (χ3n) is 7.10. The van der Waals surface area contributed by atoms with Gasteiger partial charge in [-0.25, -0.2) is 9.78 Å². The molecular formula is C35H38N4O3. The number of aromatic nitrogens is 2. The van der Waals surface area contributed by atoms with Gasteiger partial charge < -0.3 is 15.4 Å². The van der Waals surface area contributed by atoms with E-state index in [2.05, 4.69) is 73.5 Å². The zero-order chi connectivity index (χ0) is 30.2. The number of nitrogens with one attached hydrogen (secondary N) is 2. The van der Waals surface area contributed by atoms with Crippen LogP contribution in [0.2, 0.25) is 0 Å². The second kappa shape index (κ2) is 13.8. The van der Waals surface area contributed by atoms with Gasteiger partial charge in [0.1, 0.15) is 17.9 Å². The summed E-state index contributed by atoms with van der Waals surface area (Å²) in [7, 11) is 0. The molecule has 7 heteroatoms. The first kappa shape index (κ1) is 30.3. The van der Waals surface area contributed by atoms with E-state index in [1.54, 1.807) is 18.3 Å². The number of amides is 2. The minimum atomic E-state index is -0.373. The van der Waals surface area contributed by atoms with Gasteiger partial charge in [0.25, 0.3) is 5.56 Å². The Labute approximate surface area is 247 Å². The molecule has 0 unspecified atom stereocenters. The molecule has 0 atom stereocenters. The number of carbonyl (C=O) groups is 1. The number of hydrogen-bond acceptors (Lipinski definition) is 4. The fourth-order valence-corrected chi connectivity index (χ4v) is 4.95. The second-order valence-corrected chi connectivity index (χ2v) is 10.8. The molecule has 7 nitrogen and oxygen atoms in total. The smallest absolute Gasteiger partial charge is 0.326 e. The van der Waals surface area contributed by atoms with Crippen molar-refractivity contribution in [2.45, 2.75) is 52.4 Å². The molecule has 42 heavy (non-hydrogen) atoms. The average Bonchev–Trinajstić information content (AvgIpc) is 2.98. The molecule has 4 rings (SSSR count). The normalized spacial score (nSPS) is 10.9. The lowest BCUT2D eigenvalue weighted by Crippen LogP contribution is -2.39. The predicted molar refractivity (Wildman–Crippen MR) is 172 cm³/mol. The topological polar surface area (TPSA) is 98.3 Å². The monoisotopic (exact) mass is 562 g/mol. The number of anilines is 2.